The highest BCUT2D eigenvalue weighted by Gasteiger charge is 2.57. The van der Waals surface area contributed by atoms with Crippen LogP contribution < -0.4 is 4.90 Å². The fourth-order valence-electron chi connectivity index (χ4n) is 3.59. The number of fused-ring (bicyclic) bond motifs is 1. The average Bonchev–Trinajstić information content (AvgIpc) is 3.00. The smallest absolute Gasteiger partial charge is 0.240 e. The lowest BCUT2D eigenvalue weighted by molar-refractivity contribution is -0.124. The second-order valence-electron chi connectivity index (χ2n) is 5.17. The molecule has 2 fully saturated rings. The number of nitrogens with zero attached hydrogens (tertiary/aromatic N) is 2. The van der Waals surface area contributed by atoms with Crippen LogP contribution in [-0.4, -0.2) is 16.8 Å². The van der Waals surface area contributed by atoms with Gasteiger partial charge in [0.15, 0.2) is 5.13 Å². The van der Waals surface area contributed by atoms with E-state index in [1.807, 2.05) is 0 Å². The van der Waals surface area contributed by atoms with Gasteiger partial charge in [-0.3, -0.25) is 9.59 Å². The van der Waals surface area contributed by atoms with Gasteiger partial charge >= 0.3 is 0 Å². The number of carbonyl (C=O) groups excluding carboxylic acids is 2. The summed E-state index contributed by atoms with van der Waals surface area (Å²) in [7, 11) is 0. The second kappa shape index (κ2) is 3.51. The van der Waals surface area contributed by atoms with Crippen LogP contribution in [0, 0.1) is 23.7 Å². The highest BCUT2D eigenvalue weighted by atomic mass is 32.1. The summed E-state index contributed by atoms with van der Waals surface area (Å²) in [6.45, 7) is 0. The highest BCUT2D eigenvalue weighted by Crippen LogP contribution is 2.50. The summed E-state index contributed by atoms with van der Waals surface area (Å²) in [6, 6.07) is 0. The molecule has 92 valence electrons. The van der Waals surface area contributed by atoms with Crippen molar-refractivity contribution in [1.29, 1.82) is 0 Å². The fourth-order valence-corrected chi connectivity index (χ4v) is 4.24. The van der Waals surface area contributed by atoms with Gasteiger partial charge in [0, 0.05) is 11.6 Å². The van der Waals surface area contributed by atoms with Gasteiger partial charge in [0.1, 0.15) is 0 Å². The zero-order valence-corrected chi connectivity index (χ0v) is 10.5. The van der Waals surface area contributed by atoms with E-state index in [0.717, 1.165) is 12.8 Å². The summed E-state index contributed by atoms with van der Waals surface area (Å²) in [4.78, 5) is 30.4. The molecule has 2 bridgehead atoms. The normalized spacial score (nSPS) is 37.4. The molecule has 0 aromatic carbocycles. The minimum atomic E-state index is -0.134. The van der Waals surface area contributed by atoms with Crippen LogP contribution in [0.1, 0.15) is 12.8 Å². The molecule has 5 heteroatoms. The summed E-state index contributed by atoms with van der Waals surface area (Å²) in [5.74, 6) is 0.149. The Morgan fingerprint density at radius 1 is 1.11 bits per heavy atom. The fraction of sp³-hybridized carbons (Fsp3) is 0.462. The maximum atomic E-state index is 12.5. The van der Waals surface area contributed by atoms with E-state index in [9.17, 15) is 9.59 Å². The zero-order valence-electron chi connectivity index (χ0n) is 9.65. The number of hydrogen-bond donors (Lipinski definition) is 0. The standard InChI is InChI=1S/C13H12N2O2S/c16-11-9-7-1-2-8(4-3-7)10(9)12(17)15(11)13-14-5-6-18-13/h1-2,5-10H,3-4H2/t7-,8-,9-,10+/m1/s1. The topological polar surface area (TPSA) is 50.3 Å². The van der Waals surface area contributed by atoms with Crippen LogP contribution in [0.5, 0.6) is 0 Å². The number of carbonyl (C=O) groups is 2. The Kier molecular flexibility index (Phi) is 2.03. The third kappa shape index (κ3) is 1.17. The molecule has 2 heterocycles. The molecule has 4 aliphatic rings. The molecule has 1 aliphatic heterocycles. The first-order valence-corrected chi connectivity index (χ1v) is 7.11. The van der Waals surface area contributed by atoms with Crippen molar-refractivity contribution in [3.05, 3.63) is 23.7 Å². The van der Waals surface area contributed by atoms with E-state index < -0.39 is 0 Å². The van der Waals surface area contributed by atoms with Crippen molar-refractivity contribution in [1.82, 2.24) is 4.98 Å². The Labute approximate surface area is 108 Å². The van der Waals surface area contributed by atoms with Crippen molar-refractivity contribution in [2.24, 2.45) is 23.7 Å². The first kappa shape index (κ1) is 10.4. The Morgan fingerprint density at radius 3 is 2.17 bits per heavy atom. The molecular formula is C13H12N2O2S. The van der Waals surface area contributed by atoms with Gasteiger partial charge < -0.3 is 0 Å². The largest absolute Gasteiger partial charge is 0.274 e. The molecular weight excluding hydrogens is 248 g/mol. The van der Waals surface area contributed by atoms with Gasteiger partial charge in [-0.15, -0.1) is 11.3 Å². The van der Waals surface area contributed by atoms with Crippen LogP contribution >= 0.6 is 11.3 Å². The van der Waals surface area contributed by atoms with Crippen molar-refractivity contribution in [2.75, 3.05) is 4.90 Å². The Hall–Kier alpha value is -1.49. The average molecular weight is 260 g/mol. The zero-order chi connectivity index (χ0) is 12.3. The van der Waals surface area contributed by atoms with Gasteiger partial charge in [-0.1, -0.05) is 12.2 Å². The monoisotopic (exact) mass is 260 g/mol. The van der Waals surface area contributed by atoms with Gasteiger partial charge in [0.2, 0.25) is 11.8 Å². The van der Waals surface area contributed by atoms with E-state index in [1.165, 1.54) is 16.2 Å². The quantitative estimate of drug-likeness (QED) is 0.572. The maximum absolute atomic E-state index is 12.5. The van der Waals surface area contributed by atoms with Gasteiger partial charge in [0.05, 0.1) is 11.8 Å². The molecule has 0 N–H and O–H groups in total. The first-order chi connectivity index (χ1) is 8.77. The second-order valence-corrected chi connectivity index (χ2v) is 6.04. The van der Waals surface area contributed by atoms with Crippen molar-refractivity contribution in [3.8, 4) is 0 Å². The van der Waals surface area contributed by atoms with Gasteiger partial charge in [-0.25, -0.2) is 9.88 Å². The Morgan fingerprint density at radius 2 is 1.72 bits per heavy atom. The summed E-state index contributed by atoms with van der Waals surface area (Å²) >= 11 is 1.35. The number of allylic oxidation sites excluding steroid dienone is 2. The minimum Gasteiger partial charge on any atom is -0.274 e. The van der Waals surface area contributed by atoms with Crippen molar-refractivity contribution in [2.45, 2.75) is 12.8 Å². The molecule has 4 atom stereocenters. The lowest BCUT2D eigenvalue weighted by atomic mass is 9.63. The van der Waals surface area contributed by atoms with Crippen molar-refractivity contribution < 1.29 is 9.59 Å². The minimum absolute atomic E-state index is 0.0426. The highest BCUT2D eigenvalue weighted by molar-refractivity contribution is 7.14. The first-order valence-electron chi connectivity index (χ1n) is 6.23. The van der Waals surface area contributed by atoms with Crippen LogP contribution in [-0.2, 0) is 9.59 Å². The molecule has 5 rings (SSSR count). The molecule has 18 heavy (non-hydrogen) atoms. The lowest BCUT2D eigenvalue weighted by Gasteiger charge is -2.38. The number of hydrogen-bond acceptors (Lipinski definition) is 4. The summed E-state index contributed by atoms with van der Waals surface area (Å²) in [5, 5.41) is 2.32. The predicted molar refractivity (Wildman–Crippen MR) is 66.9 cm³/mol. The molecule has 1 saturated carbocycles. The lowest BCUT2D eigenvalue weighted by Crippen LogP contribution is -2.38. The third-order valence-corrected chi connectivity index (χ3v) is 5.13. The molecule has 0 unspecified atom stereocenters. The van der Waals surface area contributed by atoms with Crippen LogP contribution in [0.2, 0.25) is 0 Å². The summed E-state index contributed by atoms with van der Waals surface area (Å²) < 4.78 is 0. The predicted octanol–water partition coefficient (Wildman–Crippen LogP) is 1.84. The molecule has 2 amide bonds. The van der Waals surface area contributed by atoms with Crippen molar-refractivity contribution >= 4 is 28.3 Å². The molecule has 3 aliphatic carbocycles. The summed E-state index contributed by atoms with van der Waals surface area (Å²) in [5.41, 5.74) is 0. The number of aromatic nitrogens is 1. The van der Waals surface area contributed by atoms with Gasteiger partial charge in [-0.2, -0.15) is 0 Å². The number of thiazole rings is 1. The van der Waals surface area contributed by atoms with E-state index in [0.29, 0.717) is 5.13 Å². The van der Waals surface area contributed by atoms with Crippen molar-refractivity contribution in [3.63, 3.8) is 0 Å². The molecule has 1 saturated heterocycles. The molecule has 4 nitrogen and oxygen atoms in total. The maximum Gasteiger partial charge on any atom is 0.240 e. The van der Waals surface area contributed by atoms with E-state index >= 15 is 0 Å². The third-order valence-electron chi connectivity index (χ3n) is 4.37. The SMILES string of the molecule is O=C1[C@@H]2[C@H](C(=O)N1c1nccs1)[C@@H]1C=C[C@@H]2CC1. The molecule has 1 aromatic rings. The van der Waals surface area contributed by atoms with Crippen LogP contribution in [0.15, 0.2) is 23.7 Å². The number of rotatable bonds is 1. The van der Waals surface area contributed by atoms with E-state index in [4.69, 9.17) is 0 Å². The van der Waals surface area contributed by atoms with E-state index in [2.05, 4.69) is 17.1 Å². The molecule has 0 spiro atoms. The number of amides is 2. The Balaban J connectivity index is 1.79. The molecule has 0 radical (unpaired) electrons. The van der Waals surface area contributed by atoms with Crippen LogP contribution in [0.25, 0.3) is 0 Å². The number of anilines is 1. The Bertz CT molecular complexity index is 519. The van der Waals surface area contributed by atoms with E-state index in [1.54, 1.807) is 11.6 Å². The number of imide groups is 1. The molecule has 1 aromatic heterocycles. The summed E-state index contributed by atoms with van der Waals surface area (Å²) in [6.07, 6.45) is 7.97. The van der Waals surface area contributed by atoms with Gasteiger partial charge in [0.25, 0.3) is 0 Å². The van der Waals surface area contributed by atoms with Gasteiger partial charge in [-0.05, 0) is 24.7 Å². The van der Waals surface area contributed by atoms with Crippen LogP contribution in [0.3, 0.4) is 0 Å². The van der Waals surface area contributed by atoms with E-state index in [-0.39, 0.29) is 35.5 Å². The van der Waals surface area contributed by atoms with Crippen LogP contribution in [0.4, 0.5) is 5.13 Å².